The van der Waals surface area contributed by atoms with Crippen molar-refractivity contribution >= 4 is 29.2 Å². The maximum atomic E-state index is 11.4. The largest absolute Gasteiger partial charge is 0.479 e. The minimum Gasteiger partial charge on any atom is -0.479 e. The number of carbonyl (C=O) groups excluding carboxylic acids is 2. The third-order valence-corrected chi connectivity index (χ3v) is 2.36. The van der Waals surface area contributed by atoms with Gasteiger partial charge in [-0.3, -0.25) is 9.59 Å². The van der Waals surface area contributed by atoms with Gasteiger partial charge in [-0.15, -0.1) is 0 Å². The van der Waals surface area contributed by atoms with Crippen LogP contribution >= 0.6 is 0 Å². The summed E-state index contributed by atoms with van der Waals surface area (Å²) in [6.45, 7) is 1.61. The van der Waals surface area contributed by atoms with E-state index in [0.717, 1.165) is 0 Å². The third kappa shape index (κ3) is 2.24. The first-order valence-electron chi connectivity index (χ1n) is 5.13. The Morgan fingerprint density at radius 2 is 2.17 bits per heavy atom. The molecule has 7 nitrogen and oxygen atoms in total. The number of benzene rings is 1. The number of carboxylic acids is 1. The summed E-state index contributed by atoms with van der Waals surface area (Å²) in [6.07, 6.45) is -0.586. The van der Waals surface area contributed by atoms with Crippen molar-refractivity contribution in [1.82, 2.24) is 0 Å². The summed E-state index contributed by atoms with van der Waals surface area (Å²) in [5.41, 5.74) is 0.654. The van der Waals surface area contributed by atoms with Crippen LogP contribution in [0.1, 0.15) is 6.92 Å². The molecule has 18 heavy (non-hydrogen) atoms. The quantitative estimate of drug-likeness (QED) is 0.627. The number of aliphatic carboxylic acids is 1. The molecule has 1 aromatic rings. The van der Waals surface area contributed by atoms with Crippen LogP contribution in [0.2, 0.25) is 0 Å². The Hall–Kier alpha value is -2.57. The summed E-state index contributed by atoms with van der Waals surface area (Å²) >= 11 is 0. The second kappa shape index (κ2) is 4.36. The van der Waals surface area contributed by atoms with E-state index in [4.69, 9.17) is 9.84 Å². The first kappa shape index (κ1) is 11.9. The lowest BCUT2D eigenvalue weighted by atomic mass is 10.2. The molecule has 2 rings (SSSR count). The van der Waals surface area contributed by atoms with Gasteiger partial charge in [-0.25, -0.2) is 4.79 Å². The van der Waals surface area contributed by atoms with E-state index >= 15 is 0 Å². The predicted octanol–water partition coefficient (Wildman–Crippen LogP) is 0.429. The van der Waals surface area contributed by atoms with Gasteiger partial charge in [0, 0.05) is 5.69 Å². The molecule has 1 atom stereocenters. The smallest absolute Gasteiger partial charge is 0.394 e. The lowest BCUT2D eigenvalue weighted by Crippen LogP contribution is -2.34. The van der Waals surface area contributed by atoms with Crippen molar-refractivity contribution < 1.29 is 24.2 Å². The SMILES string of the molecule is CC1Oc2ccc(NC(=O)C(=O)O)cc2NC1=O. The van der Waals surface area contributed by atoms with Gasteiger partial charge in [0.2, 0.25) is 0 Å². The fourth-order valence-corrected chi connectivity index (χ4v) is 1.47. The number of ether oxygens (including phenoxy) is 1. The van der Waals surface area contributed by atoms with Gasteiger partial charge in [0.05, 0.1) is 5.69 Å². The maximum Gasteiger partial charge on any atom is 0.394 e. The van der Waals surface area contributed by atoms with Crippen LogP contribution in [0.3, 0.4) is 0 Å². The number of fused-ring (bicyclic) bond motifs is 1. The van der Waals surface area contributed by atoms with Gasteiger partial charge in [-0.05, 0) is 25.1 Å². The summed E-state index contributed by atoms with van der Waals surface area (Å²) in [5.74, 6) is -2.56. The average Bonchev–Trinajstić information content (AvgIpc) is 2.31. The van der Waals surface area contributed by atoms with Gasteiger partial charge in [0.15, 0.2) is 6.10 Å². The number of carbonyl (C=O) groups is 3. The maximum absolute atomic E-state index is 11.4. The summed E-state index contributed by atoms with van der Waals surface area (Å²) < 4.78 is 5.31. The van der Waals surface area contributed by atoms with E-state index in [-0.39, 0.29) is 11.6 Å². The zero-order valence-corrected chi connectivity index (χ0v) is 9.39. The zero-order valence-electron chi connectivity index (χ0n) is 9.39. The van der Waals surface area contributed by atoms with Crippen molar-refractivity contribution in [3.63, 3.8) is 0 Å². The zero-order chi connectivity index (χ0) is 13.3. The van der Waals surface area contributed by atoms with Crippen LogP contribution in [-0.2, 0) is 14.4 Å². The molecule has 0 aliphatic carbocycles. The molecule has 94 valence electrons. The molecule has 7 heteroatoms. The van der Waals surface area contributed by atoms with Crippen molar-refractivity contribution in [3.05, 3.63) is 18.2 Å². The summed E-state index contributed by atoms with van der Waals surface area (Å²) in [4.78, 5) is 32.7. The first-order valence-corrected chi connectivity index (χ1v) is 5.13. The van der Waals surface area contributed by atoms with Gasteiger partial charge in [0.1, 0.15) is 5.75 Å². The number of hydrogen-bond donors (Lipinski definition) is 3. The molecule has 0 spiro atoms. The molecule has 1 aromatic carbocycles. The number of nitrogens with one attached hydrogen (secondary N) is 2. The van der Waals surface area contributed by atoms with Crippen LogP contribution in [0, 0.1) is 0 Å². The molecule has 0 saturated carbocycles. The Bertz CT molecular complexity index is 540. The van der Waals surface area contributed by atoms with E-state index in [2.05, 4.69) is 10.6 Å². The molecule has 1 aliphatic heterocycles. The van der Waals surface area contributed by atoms with Gasteiger partial charge >= 0.3 is 11.9 Å². The molecule has 0 saturated heterocycles. The van der Waals surface area contributed by atoms with Crippen LogP contribution < -0.4 is 15.4 Å². The summed E-state index contributed by atoms with van der Waals surface area (Å²) in [6, 6.07) is 4.46. The molecular formula is C11H10N2O5. The Kier molecular flexibility index (Phi) is 2.88. The van der Waals surface area contributed by atoms with E-state index in [1.54, 1.807) is 13.0 Å². The summed E-state index contributed by atoms with van der Waals surface area (Å²) in [5, 5.41) is 13.2. The lowest BCUT2D eigenvalue weighted by molar-refractivity contribution is -0.147. The molecule has 3 N–H and O–H groups in total. The van der Waals surface area contributed by atoms with E-state index in [1.807, 2.05) is 0 Å². The van der Waals surface area contributed by atoms with E-state index in [9.17, 15) is 14.4 Å². The van der Waals surface area contributed by atoms with Crippen LogP contribution in [0.4, 0.5) is 11.4 Å². The Morgan fingerprint density at radius 1 is 1.44 bits per heavy atom. The van der Waals surface area contributed by atoms with Gasteiger partial charge in [0.25, 0.3) is 5.91 Å². The topological polar surface area (TPSA) is 105 Å². The Labute approximate surface area is 102 Å². The molecule has 0 radical (unpaired) electrons. The molecule has 1 unspecified atom stereocenters. The number of carboxylic acid groups (broad SMARTS) is 1. The van der Waals surface area contributed by atoms with Crippen molar-refractivity contribution in [2.24, 2.45) is 0 Å². The normalized spacial score (nSPS) is 17.2. The summed E-state index contributed by atoms with van der Waals surface area (Å²) in [7, 11) is 0. The van der Waals surface area contributed by atoms with E-state index in [0.29, 0.717) is 11.4 Å². The molecule has 1 aliphatic rings. The Balaban J connectivity index is 2.22. The number of rotatable bonds is 1. The predicted molar refractivity (Wildman–Crippen MR) is 61.4 cm³/mol. The van der Waals surface area contributed by atoms with Crippen LogP contribution in [0.15, 0.2) is 18.2 Å². The van der Waals surface area contributed by atoms with Crippen molar-refractivity contribution in [2.75, 3.05) is 10.6 Å². The highest BCUT2D eigenvalue weighted by atomic mass is 16.5. The first-order chi connectivity index (χ1) is 8.47. The minimum atomic E-state index is -1.58. The highest BCUT2D eigenvalue weighted by molar-refractivity contribution is 6.36. The van der Waals surface area contributed by atoms with Crippen LogP contribution in [0.25, 0.3) is 0 Å². The third-order valence-electron chi connectivity index (χ3n) is 2.36. The molecular weight excluding hydrogens is 240 g/mol. The number of amides is 2. The van der Waals surface area contributed by atoms with Crippen molar-refractivity contribution in [3.8, 4) is 5.75 Å². The van der Waals surface area contributed by atoms with Gasteiger partial charge in [-0.1, -0.05) is 0 Å². The van der Waals surface area contributed by atoms with Crippen LogP contribution in [-0.4, -0.2) is 29.0 Å². The van der Waals surface area contributed by atoms with Gasteiger partial charge in [-0.2, -0.15) is 0 Å². The number of hydrogen-bond acceptors (Lipinski definition) is 4. The molecule has 0 fully saturated rings. The average molecular weight is 250 g/mol. The van der Waals surface area contributed by atoms with Crippen molar-refractivity contribution in [2.45, 2.75) is 13.0 Å². The molecule has 0 aromatic heterocycles. The van der Waals surface area contributed by atoms with Gasteiger partial charge < -0.3 is 20.5 Å². The fraction of sp³-hybridized carbons (Fsp3) is 0.182. The van der Waals surface area contributed by atoms with Crippen molar-refractivity contribution in [1.29, 1.82) is 0 Å². The van der Waals surface area contributed by atoms with Crippen LogP contribution in [0.5, 0.6) is 5.75 Å². The fourth-order valence-electron chi connectivity index (χ4n) is 1.47. The second-order valence-corrected chi connectivity index (χ2v) is 3.72. The monoisotopic (exact) mass is 250 g/mol. The lowest BCUT2D eigenvalue weighted by Gasteiger charge is -2.23. The highest BCUT2D eigenvalue weighted by Crippen LogP contribution is 2.32. The minimum absolute atomic E-state index is 0.264. The molecule has 0 bridgehead atoms. The van der Waals surface area contributed by atoms with E-state index < -0.39 is 18.0 Å². The second-order valence-electron chi connectivity index (χ2n) is 3.72. The Morgan fingerprint density at radius 3 is 2.83 bits per heavy atom. The molecule has 1 heterocycles. The number of anilines is 2. The standard InChI is InChI=1S/C11H10N2O5/c1-5-9(14)13-7-4-6(2-3-8(7)18-5)12-10(15)11(16)17/h2-5H,1H3,(H,12,15)(H,13,14)(H,16,17). The molecule has 2 amide bonds. The highest BCUT2D eigenvalue weighted by Gasteiger charge is 2.23. The van der Waals surface area contributed by atoms with E-state index in [1.165, 1.54) is 12.1 Å².